The van der Waals surface area contributed by atoms with Gasteiger partial charge in [-0.25, -0.2) is 0 Å². The predicted octanol–water partition coefficient (Wildman–Crippen LogP) is 7.40. The van der Waals surface area contributed by atoms with Crippen molar-refractivity contribution in [3.05, 3.63) is 23.8 Å². The van der Waals surface area contributed by atoms with E-state index in [9.17, 15) is 15.0 Å². The topological polar surface area (TPSA) is 57.5 Å². The molecule has 0 unspecified atom stereocenters. The van der Waals surface area contributed by atoms with Crippen LogP contribution >= 0.6 is 0 Å². The Morgan fingerprint density at radius 2 is 1.85 bits per heavy atom. The van der Waals surface area contributed by atoms with Crippen LogP contribution in [-0.2, 0) is 4.79 Å². The Morgan fingerprint density at radius 3 is 2.48 bits per heavy atom. The molecule has 0 aliphatic heterocycles. The highest BCUT2D eigenvalue weighted by Gasteiger charge is 2.80. The lowest BCUT2D eigenvalue weighted by Gasteiger charge is -2.61. The van der Waals surface area contributed by atoms with Crippen molar-refractivity contribution in [1.82, 2.24) is 0 Å². The molecule has 0 aromatic rings. The van der Waals surface area contributed by atoms with Gasteiger partial charge in [0, 0.05) is 6.42 Å². The van der Waals surface area contributed by atoms with Gasteiger partial charge in [0.05, 0.1) is 6.61 Å². The Hall–Kier alpha value is -1.09. The second-order valence-electron chi connectivity index (χ2n) is 13.2. The van der Waals surface area contributed by atoms with E-state index in [1.807, 2.05) is 0 Å². The largest absolute Gasteiger partial charge is 0.481 e. The van der Waals surface area contributed by atoms with Gasteiger partial charge < -0.3 is 10.2 Å². The van der Waals surface area contributed by atoms with E-state index in [0.29, 0.717) is 22.7 Å². The van der Waals surface area contributed by atoms with Crippen molar-refractivity contribution in [2.45, 2.75) is 105 Å². The molecule has 4 aliphatic rings. The summed E-state index contributed by atoms with van der Waals surface area (Å²) in [6.45, 7) is 16.4. The summed E-state index contributed by atoms with van der Waals surface area (Å²) in [6.07, 6.45) is 14.6. The third-order valence-corrected chi connectivity index (χ3v) is 11.9. The van der Waals surface area contributed by atoms with Gasteiger partial charge in [0.25, 0.3) is 0 Å². The number of rotatable bonds is 9. The zero-order chi connectivity index (χ0) is 24.2. The second-order valence-corrected chi connectivity index (χ2v) is 13.2. The fourth-order valence-electron chi connectivity index (χ4n) is 10.1. The summed E-state index contributed by atoms with van der Waals surface area (Å²) in [4.78, 5) is 11.6. The number of fused-ring (bicyclic) bond motifs is 2. The van der Waals surface area contributed by atoms with Gasteiger partial charge in [-0.2, -0.15) is 0 Å². The Balaban J connectivity index is 1.61. The molecule has 4 fully saturated rings. The number of carboxylic acid groups (broad SMARTS) is 1. The molecule has 4 rings (SSSR count). The SMILES string of the molecule is C=C(CO)[C@H]1CC[C@@H]2[C@@]3(CC[C@@]4(C)[C@H]([C@@H](C)CCC=C(C)C)CC[C@]24C)C[C@@]13CCC(=O)O. The van der Waals surface area contributed by atoms with Crippen LogP contribution in [0.4, 0.5) is 0 Å². The highest BCUT2D eigenvalue weighted by molar-refractivity contribution is 5.67. The number of aliphatic hydroxyl groups excluding tert-OH is 1. The molecule has 3 nitrogen and oxygen atoms in total. The van der Waals surface area contributed by atoms with Crippen LogP contribution in [0.2, 0.25) is 0 Å². The Kier molecular flexibility index (Phi) is 6.47. The molecule has 4 aliphatic carbocycles. The minimum atomic E-state index is -0.681. The molecule has 2 N–H and O–H groups in total. The molecule has 0 aromatic carbocycles. The quantitative estimate of drug-likeness (QED) is 0.355. The van der Waals surface area contributed by atoms with Gasteiger partial charge in [-0.05, 0) is 129 Å². The first-order valence-corrected chi connectivity index (χ1v) is 13.6. The van der Waals surface area contributed by atoms with Gasteiger partial charge in [-0.1, -0.05) is 39.0 Å². The fourth-order valence-corrected chi connectivity index (χ4v) is 10.1. The van der Waals surface area contributed by atoms with Crippen molar-refractivity contribution >= 4 is 5.97 Å². The summed E-state index contributed by atoms with van der Waals surface area (Å²) in [5.41, 5.74) is 3.44. The standard InChI is InChI=1S/C30H48O3/c1-20(2)8-7-9-21(3)23-12-14-28(6)25-11-10-24(22(4)18-31)29(15-13-26(32)33)19-30(25,29)17-16-27(23,28)5/h8,21,23-25,31H,4,7,9-19H2,1-3,5-6H3,(H,32,33)/t21-,23-,24+,25-,27-,28+,29-,30+/m0/s1. The molecule has 0 amide bonds. The van der Waals surface area contributed by atoms with E-state index in [0.717, 1.165) is 36.7 Å². The maximum absolute atomic E-state index is 11.6. The van der Waals surface area contributed by atoms with Crippen LogP contribution in [0.1, 0.15) is 105 Å². The molecule has 0 bridgehead atoms. The van der Waals surface area contributed by atoms with Crippen molar-refractivity contribution in [2.75, 3.05) is 6.61 Å². The summed E-state index contributed by atoms with van der Waals surface area (Å²) in [5.74, 6) is 1.85. The number of aliphatic hydroxyl groups is 1. The molecule has 0 aromatic heterocycles. The number of carboxylic acids is 1. The monoisotopic (exact) mass is 456 g/mol. The normalized spacial score (nSPS) is 44.2. The van der Waals surface area contributed by atoms with Crippen molar-refractivity contribution in [3.63, 3.8) is 0 Å². The van der Waals surface area contributed by atoms with Crippen molar-refractivity contribution < 1.29 is 15.0 Å². The lowest BCUT2D eigenvalue weighted by molar-refractivity contribution is -0.139. The molecule has 186 valence electrons. The van der Waals surface area contributed by atoms with E-state index in [4.69, 9.17) is 0 Å². The van der Waals surface area contributed by atoms with E-state index >= 15 is 0 Å². The molecule has 0 heterocycles. The van der Waals surface area contributed by atoms with Crippen molar-refractivity contribution in [2.24, 2.45) is 45.3 Å². The molecule has 3 heteroatoms. The van der Waals surface area contributed by atoms with Gasteiger partial charge in [0.2, 0.25) is 0 Å². The van der Waals surface area contributed by atoms with Gasteiger partial charge in [-0.15, -0.1) is 0 Å². The van der Waals surface area contributed by atoms with Crippen LogP contribution in [0, 0.1) is 45.3 Å². The molecule has 0 saturated heterocycles. The van der Waals surface area contributed by atoms with Crippen LogP contribution < -0.4 is 0 Å². The van der Waals surface area contributed by atoms with Crippen molar-refractivity contribution in [1.29, 1.82) is 0 Å². The van der Waals surface area contributed by atoms with Gasteiger partial charge in [-0.3, -0.25) is 4.79 Å². The summed E-state index contributed by atoms with van der Waals surface area (Å²) < 4.78 is 0. The number of carbonyl (C=O) groups is 1. The first-order valence-electron chi connectivity index (χ1n) is 13.6. The lowest BCUT2D eigenvalue weighted by atomic mass is 9.43. The lowest BCUT2D eigenvalue weighted by Crippen LogP contribution is -2.54. The van der Waals surface area contributed by atoms with E-state index in [-0.39, 0.29) is 23.9 Å². The van der Waals surface area contributed by atoms with E-state index in [1.54, 1.807) is 0 Å². The minimum Gasteiger partial charge on any atom is -0.481 e. The number of allylic oxidation sites excluding steroid dienone is 2. The number of hydrogen-bond donors (Lipinski definition) is 2. The van der Waals surface area contributed by atoms with Crippen molar-refractivity contribution in [3.8, 4) is 0 Å². The Bertz CT molecular complexity index is 824. The highest BCUT2D eigenvalue weighted by atomic mass is 16.4. The van der Waals surface area contributed by atoms with E-state index < -0.39 is 5.97 Å². The molecular formula is C30H48O3. The molecule has 4 saturated carbocycles. The van der Waals surface area contributed by atoms with E-state index in [1.165, 1.54) is 50.5 Å². The van der Waals surface area contributed by atoms with Gasteiger partial charge >= 0.3 is 5.97 Å². The molecule has 0 radical (unpaired) electrons. The average Bonchev–Trinajstić information content (AvgIpc) is 3.35. The maximum Gasteiger partial charge on any atom is 0.303 e. The third-order valence-electron chi connectivity index (χ3n) is 11.9. The molecule has 8 atom stereocenters. The Labute approximate surface area is 202 Å². The van der Waals surface area contributed by atoms with Crippen LogP contribution in [0.15, 0.2) is 23.8 Å². The molecule has 1 spiro atoms. The fraction of sp³-hybridized carbons (Fsp3) is 0.833. The Morgan fingerprint density at radius 1 is 1.12 bits per heavy atom. The summed E-state index contributed by atoms with van der Waals surface area (Å²) in [7, 11) is 0. The summed E-state index contributed by atoms with van der Waals surface area (Å²) >= 11 is 0. The van der Waals surface area contributed by atoms with E-state index in [2.05, 4.69) is 47.3 Å². The zero-order valence-electron chi connectivity index (χ0n) is 21.9. The van der Waals surface area contributed by atoms with Gasteiger partial charge in [0.15, 0.2) is 0 Å². The van der Waals surface area contributed by atoms with Crippen LogP contribution in [0.5, 0.6) is 0 Å². The van der Waals surface area contributed by atoms with Gasteiger partial charge in [0.1, 0.15) is 0 Å². The zero-order valence-corrected chi connectivity index (χ0v) is 21.9. The third kappa shape index (κ3) is 3.58. The first-order chi connectivity index (χ1) is 15.5. The second kappa shape index (κ2) is 8.54. The average molecular weight is 457 g/mol. The summed E-state index contributed by atoms with van der Waals surface area (Å²) in [5, 5.41) is 19.5. The van der Waals surface area contributed by atoms with Crippen LogP contribution in [0.25, 0.3) is 0 Å². The minimum absolute atomic E-state index is 0.0422. The number of aliphatic carboxylic acids is 1. The van der Waals surface area contributed by atoms with Crippen LogP contribution in [0.3, 0.4) is 0 Å². The molecule has 33 heavy (non-hydrogen) atoms. The summed E-state index contributed by atoms with van der Waals surface area (Å²) in [6, 6.07) is 0. The number of hydrogen-bond acceptors (Lipinski definition) is 2. The first kappa shape index (κ1) is 25.0. The maximum atomic E-state index is 11.6. The highest BCUT2D eigenvalue weighted by Crippen LogP contribution is 2.87. The smallest absolute Gasteiger partial charge is 0.303 e. The predicted molar refractivity (Wildman–Crippen MR) is 135 cm³/mol. The molecular weight excluding hydrogens is 408 g/mol. The van der Waals surface area contributed by atoms with Crippen LogP contribution in [-0.4, -0.2) is 22.8 Å².